The molecule has 0 spiro atoms. The summed E-state index contributed by atoms with van der Waals surface area (Å²) < 4.78 is 3.21. The number of halogens is 1. The number of anilines is 1. The highest BCUT2D eigenvalue weighted by Crippen LogP contribution is 2.27. The minimum Gasteiger partial charge on any atom is -0.369 e. The number of nitrogens with one attached hydrogen (secondary N) is 1. The molecule has 1 atom stereocenters. The van der Waals surface area contributed by atoms with E-state index < -0.39 is 0 Å². The third kappa shape index (κ3) is 3.42. The molecule has 28 heavy (non-hydrogen) atoms. The van der Waals surface area contributed by atoms with Crippen molar-refractivity contribution in [2.75, 3.05) is 5.32 Å². The number of aromatic nitrogens is 4. The topological polar surface area (TPSA) is 64.7 Å². The molecule has 0 aliphatic heterocycles. The van der Waals surface area contributed by atoms with Crippen LogP contribution in [-0.4, -0.2) is 19.3 Å². The number of aryl methyl sites for hydroxylation is 1. The molecule has 0 saturated heterocycles. The van der Waals surface area contributed by atoms with Crippen molar-refractivity contribution in [3.8, 4) is 5.69 Å². The van der Waals surface area contributed by atoms with Gasteiger partial charge in [-0.05, 0) is 17.7 Å². The molecule has 1 unspecified atom stereocenters. The molecular formula is C21H18ClN5O. The molecule has 7 heteroatoms. The van der Waals surface area contributed by atoms with Gasteiger partial charge in [-0.25, -0.2) is 4.98 Å². The average Bonchev–Trinajstić information content (AvgIpc) is 3.16. The van der Waals surface area contributed by atoms with Gasteiger partial charge < -0.3 is 9.88 Å². The van der Waals surface area contributed by atoms with Crippen LogP contribution in [0.15, 0.2) is 84.0 Å². The summed E-state index contributed by atoms with van der Waals surface area (Å²) in [5.41, 5.74) is 1.73. The molecule has 0 fully saturated rings. The molecular weight excluding hydrogens is 374 g/mol. The van der Waals surface area contributed by atoms with Gasteiger partial charge >= 0.3 is 0 Å². The second-order valence-electron chi connectivity index (χ2n) is 6.31. The number of para-hydroxylation sites is 1. The molecule has 4 aromatic rings. The Bertz CT molecular complexity index is 1140. The van der Waals surface area contributed by atoms with Gasteiger partial charge in [-0.2, -0.15) is 9.78 Å². The van der Waals surface area contributed by atoms with Crippen LogP contribution in [0.4, 0.5) is 5.69 Å². The second-order valence-corrected chi connectivity index (χ2v) is 6.69. The van der Waals surface area contributed by atoms with Crippen LogP contribution in [0.5, 0.6) is 0 Å². The maximum atomic E-state index is 12.8. The van der Waals surface area contributed by atoms with E-state index in [4.69, 9.17) is 11.6 Å². The molecule has 4 rings (SSSR count). The van der Waals surface area contributed by atoms with Gasteiger partial charge in [0.2, 0.25) is 0 Å². The van der Waals surface area contributed by atoms with Crippen LogP contribution < -0.4 is 10.9 Å². The molecule has 0 aliphatic rings. The van der Waals surface area contributed by atoms with Crippen molar-refractivity contribution >= 4 is 17.3 Å². The Morgan fingerprint density at radius 2 is 1.71 bits per heavy atom. The zero-order chi connectivity index (χ0) is 19.5. The van der Waals surface area contributed by atoms with Crippen molar-refractivity contribution in [1.29, 1.82) is 0 Å². The number of rotatable bonds is 5. The Morgan fingerprint density at radius 3 is 2.36 bits per heavy atom. The lowest BCUT2D eigenvalue weighted by Gasteiger charge is -2.21. The molecule has 0 saturated carbocycles. The van der Waals surface area contributed by atoms with Gasteiger partial charge in [0.05, 0.1) is 17.6 Å². The fourth-order valence-electron chi connectivity index (χ4n) is 3.04. The molecule has 2 aromatic heterocycles. The first-order valence-electron chi connectivity index (χ1n) is 8.77. The quantitative estimate of drug-likeness (QED) is 0.561. The monoisotopic (exact) mass is 391 g/mol. The molecule has 2 aromatic carbocycles. The van der Waals surface area contributed by atoms with Crippen molar-refractivity contribution in [2.45, 2.75) is 6.04 Å². The van der Waals surface area contributed by atoms with Crippen LogP contribution >= 0.6 is 11.6 Å². The van der Waals surface area contributed by atoms with E-state index in [1.54, 1.807) is 24.5 Å². The van der Waals surface area contributed by atoms with Crippen LogP contribution in [0.2, 0.25) is 5.02 Å². The van der Waals surface area contributed by atoms with E-state index in [-0.39, 0.29) is 16.6 Å². The molecule has 140 valence electrons. The normalized spacial score (nSPS) is 11.9. The van der Waals surface area contributed by atoms with E-state index in [1.807, 2.05) is 66.3 Å². The van der Waals surface area contributed by atoms with Gasteiger partial charge in [0, 0.05) is 19.4 Å². The van der Waals surface area contributed by atoms with Crippen molar-refractivity contribution in [1.82, 2.24) is 19.3 Å². The zero-order valence-electron chi connectivity index (χ0n) is 15.2. The fourth-order valence-corrected chi connectivity index (χ4v) is 3.22. The predicted octanol–water partition coefficient (Wildman–Crippen LogP) is 3.82. The van der Waals surface area contributed by atoms with Crippen LogP contribution in [-0.2, 0) is 7.05 Å². The summed E-state index contributed by atoms with van der Waals surface area (Å²) in [5, 5.41) is 7.70. The number of hydrogen-bond acceptors (Lipinski definition) is 4. The molecule has 6 nitrogen and oxygen atoms in total. The van der Waals surface area contributed by atoms with Crippen molar-refractivity contribution < 1.29 is 0 Å². The first-order chi connectivity index (χ1) is 13.6. The van der Waals surface area contributed by atoms with E-state index in [0.29, 0.717) is 11.4 Å². The van der Waals surface area contributed by atoms with Crippen LogP contribution in [0.1, 0.15) is 17.4 Å². The van der Waals surface area contributed by atoms with Crippen molar-refractivity contribution in [2.24, 2.45) is 7.05 Å². The van der Waals surface area contributed by atoms with Crippen LogP contribution in [0.25, 0.3) is 5.69 Å². The summed E-state index contributed by atoms with van der Waals surface area (Å²) >= 11 is 6.42. The maximum Gasteiger partial charge on any atom is 0.292 e. The summed E-state index contributed by atoms with van der Waals surface area (Å²) in [6, 6.07) is 18.8. The summed E-state index contributed by atoms with van der Waals surface area (Å²) in [7, 11) is 1.92. The Hall–Kier alpha value is -3.38. The molecule has 2 heterocycles. The lowest BCUT2D eigenvalue weighted by Crippen LogP contribution is -2.24. The summed E-state index contributed by atoms with van der Waals surface area (Å²) in [4.78, 5) is 17.2. The SMILES string of the molecule is Cn1ccnc1C(Nc1cnn(-c2ccccc2)c(=O)c1Cl)c1ccccc1. The average molecular weight is 392 g/mol. The first kappa shape index (κ1) is 18.0. The lowest BCUT2D eigenvalue weighted by molar-refractivity contribution is 0.743. The second kappa shape index (κ2) is 7.70. The van der Waals surface area contributed by atoms with Gasteiger partial charge in [-0.15, -0.1) is 0 Å². The Labute approximate surface area is 167 Å². The van der Waals surface area contributed by atoms with Gasteiger partial charge in [0.25, 0.3) is 5.56 Å². The van der Waals surface area contributed by atoms with E-state index in [0.717, 1.165) is 11.4 Å². The molecule has 0 amide bonds. The van der Waals surface area contributed by atoms with Gasteiger partial charge in [-0.3, -0.25) is 4.79 Å². The fraction of sp³-hybridized carbons (Fsp3) is 0.0952. The molecule has 0 bridgehead atoms. The summed E-state index contributed by atoms with van der Waals surface area (Å²) in [5.74, 6) is 0.800. The maximum absolute atomic E-state index is 12.8. The Kier molecular flexibility index (Phi) is 4.95. The van der Waals surface area contributed by atoms with Gasteiger partial charge in [0.15, 0.2) is 0 Å². The smallest absolute Gasteiger partial charge is 0.292 e. The van der Waals surface area contributed by atoms with Gasteiger partial charge in [-0.1, -0.05) is 60.1 Å². The summed E-state index contributed by atoms with van der Waals surface area (Å²) in [6.07, 6.45) is 5.18. The van der Waals surface area contributed by atoms with Crippen molar-refractivity contribution in [3.63, 3.8) is 0 Å². The minimum absolute atomic E-state index is 0.0778. The number of hydrogen-bond donors (Lipinski definition) is 1. The highest BCUT2D eigenvalue weighted by molar-refractivity contribution is 6.33. The largest absolute Gasteiger partial charge is 0.369 e. The number of nitrogens with zero attached hydrogens (tertiary/aromatic N) is 4. The van der Waals surface area contributed by atoms with E-state index in [9.17, 15) is 4.79 Å². The standard InChI is InChI=1S/C21H18ClN5O/c1-26-13-12-23-20(26)19(15-8-4-2-5-9-15)25-17-14-24-27(21(28)18(17)22)16-10-6-3-7-11-16/h2-14,19,25H,1H3. The Balaban J connectivity index is 1.75. The van der Waals surface area contributed by atoms with Crippen LogP contribution in [0, 0.1) is 0 Å². The highest BCUT2D eigenvalue weighted by Gasteiger charge is 2.21. The molecule has 0 radical (unpaired) electrons. The highest BCUT2D eigenvalue weighted by atomic mass is 35.5. The van der Waals surface area contributed by atoms with Crippen LogP contribution in [0.3, 0.4) is 0 Å². The number of imidazole rings is 1. The van der Waals surface area contributed by atoms with Gasteiger partial charge in [0.1, 0.15) is 16.9 Å². The number of benzene rings is 2. The van der Waals surface area contributed by atoms with E-state index in [2.05, 4.69) is 15.4 Å². The van der Waals surface area contributed by atoms with E-state index in [1.165, 1.54) is 4.68 Å². The third-order valence-electron chi connectivity index (χ3n) is 4.47. The first-order valence-corrected chi connectivity index (χ1v) is 9.15. The molecule has 1 N–H and O–H groups in total. The Morgan fingerprint density at radius 1 is 1.04 bits per heavy atom. The predicted molar refractivity (Wildman–Crippen MR) is 110 cm³/mol. The minimum atomic E-state index is -0.385. The van der Waals surface area contributed by atoms with E-state index >= 15 is 0 Å². The summed E-state index contributed by atoms with van der Waals surface area (Å²) in [6.45, 7) is 0. The third-order valence-corrected chi connectivity index (χ3v) is 4.83. The molecule has 0 aliphatic carbocycles. The van der Waals surface area contributed by atoms with Crippen molar-refractivity contribution in [3.05, 3.63) is 106 Å². The zero-order valence-corrected chi connectivity index (χ0v) is 15.9. The lowest BCUT2D eigenvalue weighted by atomic mass is 10.1.